The summed E-state index contributed by atoms with van der Waals surface area (Å²) in [5.74, 6) is -0.428. The third-order valence-electron chi connectivity index (χ3n) is 2.75. The number of carboxylic acid groups (broad SMARTS) is 1. The minimum absolute atomic E-state index is 0.456. The van der Waals surface area contributed by atoms with Crippen LogP contribution in [0.4, 0.5) is 0 Å². The van der Waals surface area contributed by atoms with Crippen LogP contribution < -0.4 is 0 Å². The molecule has 0 aliphatic carbocycles. The predicted octanol–water partition coefficient (Wildman–Crippen LogP) is 0.718. The zero-order chi connectivity index (χ0) is 9.84. The summed E-state index contributed by atoms with van der Waals surface area (Å²) in [5, 5.41) is 8.85. The number of hydrogen-bond donors (Lipinski definition) is 1. The molecular formula is C9H15NO3. The SMILES string of the molecule is CCC1CCN(C=O)C(C(=O)O)C1. The Labute approximate surface area is 77.5 Å². The van der Waals surface area contributed by atoms with Gasteiger partial charge in [-0.3, -0.25) is 4.79 Å². The van der Waals surface area contributed by atoms with Gasteiger partial charge in [-0.25, -0.2) is 4.79 Å². The van der Waals surface area contributed by atoms with E-state index >= 15 is 0 Å². The van der Waals surface area contributed by atoms with Crippen molar-refractivity contribution in [2.45, 2.75) is 32.2 Å². The molecule has 0 aromatic rings. The summed E-state index contributed by atoms with van der Waals surface area (Å²) in [6.07, 6.45) is 3.17. The van der Waals surface area contributed by atoms with Gasteiger partial charge in [0.2, 0.25) is 6.41 Å². The first kappa shape index (κ1) is 10.0. The Kier molecular flexibility index (Phi) is 3.28. The van der Waals surface area contributed by atoms with Gasteiger partial charge in [0.1, 0.15) is 6.04 Å². The van der Waals surface area contributed by atoms with E-state index in [0.29, 0.717) is 25.3 Å². The number of aliphatic carboxylic acids is 1. The minimum Gasteiger partial charge on any atom is -0.480 e. The molecule has 1 rings (SSSR count). The van der Waals surface area contributed by atoms with Crippen molar-refractivity contribution in [3.8, 4) is 0 Å². The molecule has 4 heteroatoms. The molecule has 0 aromatic carbocycles. The molecule has 0 bridgehead atoms. The van der Waals surface area contributed by atoms with Crippen molar-refractivity contribution in [1.82, 2.24) is 4.90 Å². The van der Waals surface area contributed by atoms with Crippen molar-refractivity contribution in [1.29, 1.82) is 0 Å². The number of carbonyl (C=O) groups excluding carboxylic acids is 1. The van der Waals surface area contributed by atoms with Gasteiger partial charge in [0.15, 0.2) is 0 Å². The van der Waals surface area contributed by atoms with E-state index in [9.17, 15) is 9.59 Å². The Balaban J connectivity index is 2.62. The fourth-order valence-corrected chi connectivity index (χ4v) is 1.80. The first-order chi connectivity index (χ1) is 6.19. The molecule has 13 heavy (non-hydrogen) atoms. The van der Waals surface area contributed by atoms with Gasteiger partial charge >= 0.3 is 5.97 Å². The minimum atomic E-state index is -0.884. The smallest absolute Gasteiger partial charge is 0.326 e. The van der Waals surface area contributed by atoms with Crippen molar-refractivity contribution >= 4 is 12.4 Å². The highest BCUT2D eigenvalue weighted by Crippen LogP contribution is 2.24. The predicted molar refractivity (Wildman–Crippen MR) is 47.2 cm³/mol. The molecule has 1 fully saturated rings. The molecule has 1 amide bonds. The largest absolute Gasteiger partial charge is 0.480 e. The third kappa shape index (κ3) is 2.20. The maximum Gasteiger partial charge on any atom is 0.326 e. The van der Waals surface area contributed by atoms with Gasteiger partial charge in [-0.15, -0.1) is 0 Å². The number of carboxylic acids is 1. The molecule has 0 radical (unpaired) electrons. The van der Waals surface area contributed by atoms with Crippen LogP contribution in [0.1, 0.15) is 26.2 Å². The number of rotatable bonds is 3. The van der Waals surface area contributed by atoms with Crippen LogP contribution in [0.25, 0.3) is 0 Å². The molecule has 1 aliphatic heterocycles. The average molecular weight is 185 g/mol. The number of piperidine rings is 1. The number of carbonyl (C=O) groups is 2. The summed E-state index contributed by atoms with van der Waals surface area (Å²) in [5.41, 5.74) is 0. The molecule has 0 saturated carbocycles. The first-order valence-corrected chi connectivity index (χ1v) is 4.62. The highest BCUT2D eigenvalue weighted by atomic mass is 16.4. The Bertz CT molecular complexity index is 205. The lowest BCUT2D eigenvalue weighted by Gasteiger charge is -2.34. The molecule has 1 saturated heterocycles. The van der Waals surface area contributed by atoms with Crippen molar-refractivity contribution in [2.24, 2.45) is 5.92 Å². The fourth-order valence-electron chi connectivity index (χ4n) is 1.80. The van der Waals surface area contributed by atoms with E-state index < -0.39 is 12.0 Å². The van der Waals surface area contributed by atoms with Gasteiger partial charge in [-0.2, -0.15) is 0 Å². The van der Waals surface area contributed by atoms with Crippen LogP contribution in [0.5, 0.6) is 0 Å². The lowest BCUT2D eigenvalue weighted by Crippen LogP contribution is -2.46. The maximum absolute atomic E-state index is 10.8. The first-order valence-electron chi connectivity index (χ1n) is 4.62. The zero-order valence-electron chi connectivity index (χ0n) is 7.77. The summed E-state index contributed by atoms with van der Waals surface area (Å²) in [6, 6.07) is -0.601. The Morgan fingerprint density at radius 1 is 1.69 bits per heavy atom. The van der Waals surface area contributed by atoms with Crippen LogP contribution in [-0.4, -0.2) is 35.0 Å². The second-order valence-corrected chi connectivity index (χ2v) is 3.50. The summed E-state index contributed by atoms with van der Waals surface area (Å²) in [6.45, 7) is 2.64. The molecule has 1 heterocycles. The van der Waals surface area contributed by atoms with Crippen LogP contribution in [0.2, 0.25) is 0 Å². The van der Waals surface area contributed by atoms with Crippen molar-refractivity contribution in [3.63, 3.8) is 0 Å². The summed E-state index contributed by atoms with van der Waals surface area (Å²) < 4.78 is 0. The van der Waals surface area contributed by atoms with E-state index in [-0.39, 0.29) is 0 Å². The summed E-state index contributed by atoms with van der Waals surface area (Å²) in [7, 11) is 0. The standard InChI is InChI=1S/C9H15NO3/c1-2-7-3-4-10(6-11)8(5-7)9(12)13/h6-8H,2-5H2,1H3,(H,12,13). The molecule has 4 nitrogen and oxygen atoms in total. The molecule has 1 aliphatic rings. The van der Waals surface area contributed by atoms with Crippen molar-refractivity contribution in [3.05, 3.63) is 0 Å². The van der Waals surface area contributed by atoms with Crippen LogP contribution in [0, 0.1) is 5.92 Å². The van der Waals surface area contributed by atoms with Crippen LogP contribution in [0.3, 0.4) is 0 Å². The molecule has 74 valence electrons. The van der Waals surface area contributed by atoms with Crippen molar-refractivity contribution < 1.29 is 14.7 Å². The number of likely N-dealkylation sites (tertiary alicyclic amines) is 1. The third-order valence-corrected chi connectivity index (χ3v) is 2.75. The lowest BCUT2D eigenvalue weighted by molar-refractivity contribution is -0.148. The van der Waals surface area contributed by atoms with Gasteiger partial charge in [-0.05, 0) is 18.8 Å². The highest BCUT2D eigenvalue weighted by Gasteiger charge is 2.31. The lowest BCUT2D eigenvalue weighted by atomic mass is 9.89. The Morgan fingerprint density at radius 2 is 2.38 bits per heavy atom. The van der Waals surface area contributed by atoms with Crippen LogP contribution in [-0.2, 0) is 9.59 Å². The van der Waals surface area contributed by atoms with Gasteiger partial charge in [0.25, 0.3) is 0 Å². The molecular weight excluding hydrogens is 170 g/mol. The van der Waals surface area contributed by atoms with Gasteiger partial charge in [-0.1, -0.05) is 13.3 Å². The maximum atomic E-state index is 10.8. The van der Waals surface area contributed by atoms with Gasteiger partial charge in [0, 0.05) is 6.54 Å². The highest BCUT2D eigenvalue weighted by molar-refractivity contribution is 5.76. The second-order valence-electron chi connectivity index (χ2n) is 3.50. The van der Waals surface area contributed by atoms with Crippen molar-refractivity contribution in [2.75, 3.05) is 6.54 Å². The average Bonchev–Trinajstić information content (AvgIpc) is 2.16. The van der Waals surface area contributed by atoms with E-state index in [4.69, 9.17) is 5.11 Å². The molecule has 0 spiro atoms. The second kappa shape index (κ2) is 4.25. The molecule has 2 atom stereocenters. The number of hydrogen-bond acceptors (Lipinski definition) is 2. The summed E-state index contributed by atoms with van der Waals surface area (Å²) in [4.78, 5) is 22.7. The monoisotopic (exact) mass is 185 g/mol. The Morgan fingerprint density at radius 3 is 2.85 bits per heavy atom. The molecule has 0 aromatic heterocycles. The Hall–Kier alpha value is -1.06. The normalized spacial score (nSPS) is 28.5. The van der Waals surface area contributed by atoms with E-state index in [1.807, 2.05) is 0 Å². The molecule has 1 N–H and O–H groups in total. The quantitative estimate of drug-likeness (QED) is 0.659. The van der Waals surface area contributed by atoms with E-state index in [0.717, 1.165) is 12.8 Å². The van der Waals surface area contributed by atoms with Crippen LogP contribution in [0.15, 0.2) is 0 Å². The van der Waals surface area contributed by atoms with E-state index in [2.05, 4.69) is 6.92 Å². The van der Waals surface area contributed by atoms with Crippen LogP contribution >= 0.6 is 0 Å². The number of nitrogens with zero attached hydrogens (tertiary/aromatic N) is 1. The topological polar surface area (TPSA) is 57.6 Å². The van der Waals surface area contributed by atoms with E-state index in [1.165, 1.54) is 4.90 Å². The van der Waals surface area contributed by atoms with Gasteiger partial charge < -0.3 is 10.0 Å². The fraction of sp³-hybridized carbons (Fsp3) is 0.778. The zero-order valence-corrected chi connectivity index (χ0v) is 7.77. The summed E-state index contributed by atoms with van der Waals surface area (Å²) >= 11 is 0. The van der Waals surface area contributed by atoms with Gasteiger partial charge in [0.05, 0.1) is 0 Å². The molecule has 2 unspecified atom stereocenters. The number of amides is 1. The van der Waals surface area contributed by atoms with E-state index in [1.54, 1.807) is 0 Å².